The van der Waals surface area contributed by atoms with Gasteiger partial charge in [-0.1, -0.05) is 31.9 Å². The Balaban J connectivity index is 1.62. The zero-order valence-electron chi connectivity index (χ0n) is 15.5. The van der Waals surface area contributed by atoms with Gasteiger partial charge in [-0.2, -0.15) is 0 Å². The van der Waals surface area contributed by atoms with Gasteiger partial charge in [-0.15, -0.1) is 0 Å². The maximum absolute atomic E-state index is 12.6. The molecule has 0 spiro atoms. The molecule has 0 radical (unpaired) electrons. The monoisotopic (exact) mass is 549 g/mol. The molecule has 0 bridgehead atoms. The first-order chi connectivity index (χ1) is 14.3. The Labute approximate surface area is 191 Å². The Kier molecular flexibility index (Phi) is 7.54. The van der Waals surface area contributed by atoms with E-state index in [2.05, 4.69) is 46.9 Å². The molecule has 1 aromatic heterocycles. The summed E-state index contributed by atoms with van der Waals surface area (Å²) in [7, 11) is -3.70. The topological polar surface area (TPSA) is 88.2 Å². The summed E-state index contributed by atoms with van der Waals surface area (Å²) in [6.45, 7) is 0.140. The van der Waals surface area contributed by atoms with E-state index in [1.807, 2.05) is 18.2 Å². The number of hydrogen-bond acceptors (Lipinski definition) is 4. The van der Waals surface area contributed by atoms with Crippen molar-refractivity contribution in [3.05, 3.63) is 93.1 Å². The summed E-state index contributed by atoms with van der Waals surface area (Å²) in [6.07, 6.45) is 6.34. The van der Waals surface area contributed by atoms with Crippen molar-refractivity contribution in [2.45, 2.75) is 11.4 Å². The zero-order valence-corrected chi connectivity index (χ0v) is 19.5. The van der Waals surface area contributed by atoms with Gasteiger partial charge in [-0.3, -0.25) is 9.78 Å². The second-order valence-corrected chi connectivity index (χ2v) is 9.72. The van der Waals surface area contributed by atoms with Crippen LogP contribution in [0.1, 0.15) is 11.1 Å². The number of nitrogens with one attached hydrogen (secondary N) is 2. The predicted octanol–water partition coefficient (Wildman–Crippen LogP) is 4.74. The van der Waals surface area contributed by atoms with E-state index < -0.39 is 10.0 Å². The van der Waals surface area contributed by atoms with Crippen molar-refractivity contribution >= 4 is 59.6 Å². The van der Waals surface area contributed by atoms with E-state index in [1.165, 1.54) is 18.2 Å². The largest absolute Gasteiger partial charge is 0.323 e. The van der Waals surface area contributed by atoms with Crippen molar-refractivity contribution in [3.8, 4) is 0 Å². The average molecular weight is 551 g/mol. The van der Waals surface area contributed by atoms with E-state index in [0.717, 1.165) is 20.1 Å². The normalized spacial score (nSPS) is 11.5. The number of sulfonamides is 1. The molecular formula is C21H17Br2N3O3S. The van der Waals surface area contributed by atoms with Gasteiger partial charge in [0.05, 0.1) is 4.90 Å². The molecule has 0 fully saturated rings. The molecule has 0 aliphatic rings. The highest BCUT2D eigenvalue weighted by Crippen LogP contribution is 2.22. The Morgan fingerprint density at radius 1 is 1.00 bits per heavy atom. The van der Waals surface area contributed by atoms with Crippen molar-refractivity contribution in [1.82, 2.24) is 9.71 Å². The summed E-state index contributed by atoms with van der Waals surface area (Å²) >= 11 is 6.78. The second-order valence-electron chi connectivity index (χ2n) is 6.19. The van der Waals surface area contributed by atoms with Crippen LogP contribution in [0.4, 0.5) is 5.69 Å². The molecule has 2 aromatic carbocycles. The molecule has 0 aliphatic carbocycles. The summed E-state index contributed by atoms with van der Waals surface area (Å²) in [5.74, 6) is -0.319. The third kappa shape index (κ3) is 6.33. The number of carbonyl (C=O) groups excluding carboxylic acids is 1. The van der Waals surface area contributed by atoms with E-state index >= 15 is 0 Å². The molecule has 0 saturated heterocycles. The predicted molar refractivity (Wildman–Crippen MR) is 124 cm³/mol. The molecule has 30 heavy (non-hydrogen) atoms. The molecule has 0 saturated carbocycles. The van der Waals surface area contributed by atoms with E-state index in [0.29, 0.717) is 5.69 Å². The number of amides is 1. The molecule has 1 amide bonds. The summed E-state index contributed by atoms with van der Waals surface area (Å²) in [6, 6.07) is 15.1. The number of nitrogens with zero attached hydrogens (tertiary/aromatic N) is 1. The van der Waals surface area contributed by atoms with Crippen LogP contribution >= 0.6 is 31.9 Å². The number of rotatable bonds is 7. The number of anilines is 1. The lowest BCUT2D eigenvalue weighted by Gasteiger charge is -2.10. The first kappa shape index (κ1) is 22.4. The van der Waals surface area contributed by atoms with Crippen LogP contribution in [0, 0.1) is 0 Å². The fraction of sp³-hybridized carbons (Fsp3) is 0.0476. The van der Waals surface area contributed by atoms with Gasteiger partial charge in [0.15, 0.2) is 0 Å². The first-order valence-corrected chi connectivity index (χ1v) is 11.8. The van der Waals surface area contributed by atoms with Crippen molar-refractivity contribution in [1.29, 1.82) is 0 Å². The second kappa shape index (κ2) is 10.1. The summed E-state index contributed by atoms with van der Waals surface area (Å²) in [4.78, 5) is 16.1. The van der Waals surface area contributed by atoms with E-state index in [1.54, 1.807) is 42.7 Å². The number of pyridine rings is 1. The van der Waals surface area contributed by atoms with E-state index in [-0.39, 0.29) is 17.3 Å². The van der Waals surface area contributed by atoms with Crippen LogP contribution in [0.3, 0.4) is 0 Å². The Hall–Kier alpha value is -2.33. The van der Waals surface area contributed by atoms with E-state index in [4.69, 9.17) is 0 Å². The molecule has 3 aromatic rings. The fourth-order valence-electron chi connectivity index (χ4n) is 2.48. The van der Waals surface area contributed by atoms with Gasteiger partial charge in [0.2, 0.25) is 15.9 Å². The van der Waals surface area contributed by atoms with E-state index in [9.17, 15) is 13.2 Å². The lowest BCUT2D eigenvalue weighted by atomic mass is 10.2. The molecule has 0 atom stereocenters. The number of halogens is 2. The highest BCUT2D eigenvalue weighted by atomic mass is 79.9. The van der Waals surface area contributed by atoms with Gasteiger partial charge >= 0.3 is 0 Å². The number of benzene rings is 2. The molecule has 0 aliphatic heterocycles. The summed E-state index contributed by atoms with van der Waals surface area (Å²) in [5, 5.41) is 2.69. The highest BCUT2D eigenvalue weighted by Gasteiger charge is 2.14. The number of carbonyl (C=O) groups is 1. The molecule has 0 unspecified atom stereocenters. The van der Waals surface area contributed by atoms with Crippen molar-refractivity contribution in [2.24, 2.45) is 0 Å². The average Bonchev–Trinajstić information content (AvgIpc) is 2.74. The van der Waals surface area contributed by atoms with Gasteiger partial charge < -0.3 is 5.32 Å². The Morgan fingerprint density at radius 3 is 2.40 bits per heavy atom. The minimum Gasteiger partial charge on any atom is -0.323 e. The third-order valence-electron chi connectivity index (χ3n) is 4.03. The van der Waals surface area contributed by atoms with Crippen LogP contribution in [0.2, 0.25) is 0 Å². The molecule has 154 valence electrons. The molecule has 6 nitrogen and oxygen atoms in total. The first-order valence-electron chi connectivity index (χ1n) is 8.76. The molecular weight excluding hydrogens is 534 g/mol. The van der Waals surface area contributed by atoms with Gasteiger partial charge in [-0.05, 0) is 71.8 Å². The smallest absolute Gasteiger partial charge is 0.248 e. The van der Waals surface area contributed by atoms with Crippen LogP contribution in [0.15, 0.2) is 86.9 Å². The zero-order chi connectivity index (χ0) is 21.6. The van der Waals surface area contributed by atoms with Gasteiger partial charge in [0.1, 0.15) is 0 Å². The Bertz CT molecular complexity index is 1170. The van der Waals surface area contributed by atoms with Gasteiger partial charge in [0.25, 0.3) is 0 Å². The number of aromatic nitrogens is 1. The van der Waals surface area contributed by atoms with Crippen LogP contribution in [0.5, 0.6) is 0 Å². The van der Waals surface area contributed by atoms with Crippen molar-refractivity contribution in [2.75, 3.05) is 5.32 Å². The van der Waals surface area contributed by atoms with Crippen LogP contribution in [-0.4, -0.2) is 19.3 Å². The molecule has 3 rings (SSSR count). The third-order valence-corrected chi connectivity index (χ3v) is 6.71. The lowest BCUT2D eigenvalue weighted by Crippen LogP contribution is -2.23. The lowest BCUT2D eigenvalue weighted by molar-refractivity contribution is -0.111. The minimum atomic E-state index is -3.70. The highest BCUT2D eigenvalue weighted by molar-refractivity contribution is 9.11. The molecule has 9 heteroatoms. The molecule has 2 N–H and O–H groups in total. The van der Waals surface area contributed by atoms with Crippen molar-refractivity contribution < 1.29 is 13.2 Å². The quantitative estimate of drug-likeness (QED) is 0.416. The number of hydrogen-bond donors (Lipinski definition) is 2. The Morgan fingerprint density at radius 2 is 1.70 bits per heavy atom. The summed E-state index contributed by atoms with van der Waals surface area (Å²) < 4.78 is 29.4. The maximum atomic E-state index is 12.6. The minimum absolute atomic E-state index is 0.110. The van der Waals surface area contributed by atoms with Gasteiger partial charge in [-0.25, -0.2) is 13.1 Å². The van der Waals surface area contributed by atoms with Crippen LogP contribution < -0.4 is 10.0 Å². The molecule has 1 heterocycles. The van der Waals surface area contributed by atoms with Crippen molar-refractivity contribution in [3.63, 3.8) is 0 Å². The van der Waals surface area contributed by atoms with Crippen LogP contribution in [-0.2, 0) is 21.4 Å². The van der Waals surface area contributed by atoms with Gasteiger partial charge in [0, 0.05) is 39.6 Å². The fourth-order valence-corrected chi connectivity index (χ4v) is 4.28. The summed E-state index contributed by atoms with van der Waals surface area (Å²) in [5.41, 5.74) is 2.15. The standard InChI is InChI=1S/C21H17Br2N3O3S/c22-17-2-7-20(23)16(13-17)14-25-30(28,29)19-5-3-18(4-6-19)26-21(27)8-1-15-9-11-24-12-10-15/h1-13,25H,14H2,(H,26,27)/b8-1+. The maximum Gasteiger partial charge on any atom is 0.248 e. The van der Waals surface area contributed by atoms with Crippen LogP contribution in [0.25, 0.3) is 6.08 Å². The SMILES string of the molecule is O=C(/C=C/c1ccncc1)Nc1ccc(S(=O)(=O)NCc2cc(Br)ccc2Br)cc1.